The summed E-state index contributed by atoms with van der Waals surface area (Å²) in [6, 6.07) is 0.368. The first kappa shape index (κ1) is 9.97. The van der Waals surface area contributed by atoms with Crippen LogP contribution >= 0.6 is 0 Å². The lowest BCUT2D eigenvalue weighted by atomic mass is 10.1. The van der Waals surface area contributed by atoms with Crippen LogP contribution in [-0.4, -0.2) is 36.5 Å². The van der Waals surface area contributed by atoms with Crippen molar-refractivity contribution in [2.75, 3.05) is 19.6 Å². The predicted octanol–water partition coefficient (Wildman–Crippen LogP) is 0.853. The maximum Gasteiger partial charge on any atom is 0.226 e. The summed E-state index contributed by atoms with van der Waals surface area (Å²) in [5, 5.41) is 3.31. The minimum atomic E-state index is 0.266. The number of hydrogen-bond acceptors (Lipinski definition) is 2. The predicted molar refractivity (Wildman–Crippen MR) is 55.9 cm³/mol. The van der Waals surface area contributed by atoms with Crippen molar-refractivity contribution in [2.24, 2.45) is 11.3 Å². The van der Waals surface area contributed by atoms with Crippen molar-refractivity contribution in [1.29, 1.82) is 0 Å². The Kier molecular flexibility index (Phi) is 2.30. The molecule has 2 fully saturated rings. The molecule has 2 atom stereocenters. The molecule has 0 spiro atoms. The topological polar surface area (TPSA) is 32.3 Å². The van der Waals surface area contributed by atoms with Crippen LogP contribution in [0.15, 0.2) is 0 Å². The number of carbonyl (C=O) groups is 1. The summed E-state index contributed by atoms with van der Waals surface area (Å²) < 4.78 is 0. The second kappa shape index (κ2) is 3.23. The van der Waals surface area contributed by atoms with Crippen LogP contribution in [0, 0.1) is 11.3 Å². The molecule has 2 rings (SSSR count). The molecule has 1 aliphatic heterocycles. The molecule has 1 N–H and O–H groups in total. The van der Waals surface area contributed by atoms with Gasteiger partial charge in [-0.05, 0) is 18.8 Å². The van der Waals surface area contributed by atoms with E-state index in [0.29, 0.717) is 17.9 Å². The molecule has 1 heterocycles. The molecule has 2 aliphatic rings. The minimum absolute atomic E-state index is 0.266. The monoisotopic (exact) mass is 196 g/mol. The van der Waals surface area contributed by atoms with Crippen molar-refractivity contribution in [3.8, 4) is 0 Å². The maximum absolute atomic E-state index is 12.1. The summed E-state index contributed by atoms with van der Waals surface area (Å²) in [7, 11) is 0. The summed E-state index contributed by atoms with van der Waals surface area (Å²) >= 11 is 0. The second-order valence-electron chi connectivity index (χ2n) is 5.33. The highest BCUT2D eigenvalue weighted by Gasteiger charge is 2.52. The van der Waals surface area contributed by atoms with Gasteiger partial charge in [-0.3, -0.25) is 4.79 Å². The van der Waals surface area contributed by atoms with Crippen LogP contribution in [0.5, 0.6) is 0 Å². The fraction of sp³-hybridized carbons (Fsp3) is 0.909. The van der Waals surface area contributed by atoms with Gasteiger partial charge in [0.1, 0.15) is 0 Å². The molecule has 0 aromatic rings. The number of rotatable bonds is 1. The van der Waals surface area contributed by atoms with Crippen LogP contribution in [-0.2, 0) is 4.79 Å². The van der Waals surface area contributed by atoms with Gasteiger partial charge in [0.05, 0.1) is 0 Å². The fourth-order valence-electron chi connectivity index (χ4n) is 2.26. The Morgan fingerprint density at radius 2 is 2.14 bits per heavy atom. The second-order valence-corrected chi connectivity index (χ2v) is 5.33. The van der Waals surface area contributed by atoms with Crippen LogP contribution < -0.4 is 5.32 Å². The number of hydrogen-bond donors (Lipinski definition) is 1. The third-order valence-corrected chi connectivity index (χ3v) is 3.60. The Hall–Kier alpha value is -0.570. The Morgan fingerprint density at radius 3 is 2.64 bits per heavy atom. The highest BCUT2D eigenvalue weighted by atomic mass is 16.2. The van der Waals surface area contributed by atoms with Crippen molar-refractivity contribution in [2.45, 2.75) is 33.2 Å². The lowest BCUT2D eigenvalue weighted by Gasteiger charge is -2.34. The quantitative estimate of drug-likeness (QED) is 0.674. The Morgan fingerprint density at radius 1 is 1.50 bits per heavy atom. The molecule has 1 unspecified atom stereocenters. The average Bonchev–Trinajstić information content (AvgIpc) is 2.75. The van der Waals surface area contributed by atoms with E-state index in [-0.39, 0.29) is 5.41 Å². The zero-order valence-corrected chi connectivity index (χ0v) is 9.34. The first-order valence-corrected chi connectivity index (χ1v) is 5.53. The van der Waals surface area contributed by atoms with Gasteiger partial charge in [-0.15, -0.1) is 0 Å². The molecule has 0 bridgehead atoms. The summed E-state index contributed by atoms with van der Waals surface area (Å²) in [6.45, 7) is 9.26. The van der Waals surface area contributed by atoms with Crippen LogP contribution in [0.3, 0.4) is 0 Å². The van der Waals surface area contributed by atoms with Gasteiger partial charge in [0.2, 0.25) is 5.91 Å². The van der Waals surface area contributed by atoms with Gasteiger partial charge in [0, 0.05) is 31.6 Å². The number of amides is 1. The van der Waals surface area contributed by atoms with E-state index >= 15 is 0 Å². The van der Waals surface area contributed by atoms with Crippen LogP contribution in [0.4, 0.5) is 0 Å². The standard InChI is InChI=1S/C11H20N2O/c1-8-7-12-4-5-13(8)10(14)9-6-11(9,2)3/h8-9,12H,4-7H2,1-3H3/t8-,9?/m0/s1. The molecule has 0 radical (unpaired) electrons. The SMILES string of the molecule is C[C@H]1CNCCN1C(=O)C1CC1(C)C. The Balaban J connectivity index is 1.97. The molecule has 80 valence electrons. The smallest absolute Gasteiger partial charge is 0.226 e. The zero-order valence-electron chi connectivity index (χ0n) is 9.34. The molecule has 1 amide bonds. The summed E-state index contributed by atoms with van der Waals surface area (Å²) in [4.78, 5) is 14.1. The third-order valence-electron chi connectivity index (χ3n) is 3.60. The van der Waals surface area contributed by atoms with Gasteiger partial charge >= 0.3 is 0 Å². The highest BCUT2D eigenvalue weighted by molar-refractivity contribution is 5.82. The Bertz CT molecular complexity index is 250. The summed E-state index contributed by atoms with van der Waals surface area (Å²) in [5.41, 5.74) is 0.266. The largest absolute Gasteiger partial charge is 0.337 e. The van der Waals surface area contributed by atoms with Gasteiger partial charge in [0.15, 0.2) is 0 Å². The molecule has 0 aromatic heterocycles. The molecule has 14 heavy (non-hydrogen) atoms. The van der Waals surface area contributed by atoms with Crippen LogP contribution in [0.1, 0.15) is 27.2 Å². The first-order chi connectivity index (χ1) is 6.52. The van der Waals surface area contributed by atoms with Crippen molar-refractivity contribution >= 4 is 5.91 Å². The van der Waals surface area contributed by atoms with Gasteiger partial charge in [0.25, 0.3) is 0 Å². The molecular weight excluding hydrogens is 176 g/mol. The van der Waals surface area contributed by atoms with Gasteiger partial charge in [-0.2, -0.15) is 0 Å². The van der Waals surface area contributed by atoms with Crippen LogP contribution in [0.2, 0.25) is 0 Å². The van der Waals surface area contributed by atoms with Crippen molar-refractivity contribution in [3.05, 3.63) is 0 Å². The average molecular weight is 196 g/mol. The van der Waals surface area contributed by atoms with E-state index in [1.807, 2.05) is 0 Å². The van der Waals surface area contributed by atoms with E-state index in [2.05, 4.69) is 31.0 Å². The van der Waals surface area contributed by atoms with Crippen LogP contribution in [0.25, 0.3) is 0 Å². The minimum Gasteiger partial charge on any atom is -0.337 e. The van der Waals surface area contributed by atoms with E-state index in [4.69, 9.17) is 0 Å². The van der Waals surface area contributed by atoms with E-state index < -0.39 is 0 Å². The third kappa shape index (κ3) is 1.65. The summed E-state index contributed by atoms with van der Waals surface area (Å²) in [5.74, 6) is 0.673. The lowest BCUT2D eigenvalue weighted by Crippen LogP contribution is -2.53. The highest BCUT2D eigenvalue weighted by Crippen LogP contribution is 2.52. The molecule has 1 saturated heterocycles. The van der Waals surface area contributed by atoms with E-state index in [1.165, 1.54) is 0 Å². The summed E-state index contributed by atoms with van der Waals surface area (Å²) in [6.07, 6.45) is 1.07. The number of piperazine rings is 1. The van der Waals surface area contributed by atoms with Gasteiger partial charge < -0.3 is 10.2 Å². The van der Waals surface area contributed by atoms with E-state index in [1.54, 1.807) is 0 Å². The number of nitrogens with zero attached hydrogens (tertiary/aromatic N) is 1. The zero-order chi connectivity index (χ0) is 10.3. The van der Waals surface area contributed by atoms with E-state index in [9.17, 15) is 4.79 Å². The van der Waals surface area contributed by atoms with Crippen molar-refractivity contribution in [1.82, 2.24) is 10.2 Å². The van der Waals surface area contributed by atoms with Crippen molar-refractivity contribution < 1.29 is 4.79 Å². The van der Waals surface area contributed by atoms with E-state index in [0.717, 1.165) is 26.1 Å². The normalized spacial score (nSPS) is 35.5. The maximum atomic E-state index is 12.1. The molecule has 1 saturated carbocycles. The molecule has 1 aliphatic carbocycles. The molecule has 0 aromatic carbocycles. The van der Waals surface area contributed by atoms with Gasteiger partial charge in [-0.1, -0.05) is 13.8 Å². The molecule has 3 nitrogen and oxygen atoms in total. The fourth-order valence-corrected chi connectivity index (χ4v) is 2.26. The molecule has 3 heteroatoms. The Labute approximate surface area is 85.8 Å². The van der Waals surface area contributed by atoms with Gasteiger partial charge in [-0.25, -0.2) is 0 Å². The first-order valence-electron chi connectivity index (χ1n) is 5.53. The molecular formula is C11H20N2O. The lowest BCUT2D eigenvalue weighted by molar-refractivity contribution is -0.136. The number of carbonyl (C=O) groups excluding carboxylic acids is 1. The van der Waals surface area contributed by atoms with Crippen molar-refractivity contribution in [3.63, 3.8) is 0 Å². The number of nitrogens with one attached hydrogen (secondary N) is 1.